The van der Waals surface area contributed by atoms with Crippen LogP contribution in [0.1, 0.15) is 43.9 Å². The van der Waals surface area contributed by atoms with Gasteiger partial charge in [-0.15, -0.1) is 0 Å². The average Bonchev–Trinajstić information content (AvgIpc) is 2.65. The molecule has 2 aromatic rings. The van der Waals surface area contributed by atoms with E-state index in [-0.39, 0.29) is 11.9 Å². The highest BCUT2D eigenvalue weighted by atomic mass is 35.5. The Balaban J connectivity index is 2.11. The van der Waals surface area contributed by atoms with Crippen molar-refractivity contribution in [2.75, 3.05) is 7.11 Å². The van der Waals surface area contributed by atoms with Crippen LogP contribution in [0.25, 0.3) is 0 Å². The van der Waals surface area contributed by atoms with Gasteiger partial charge in [0.25, 0.3) is 5.91 Å². The minimum Gasteiger partial charge on any atom is -0.496 e. The van der Waals surface area contributed by atoms with Crippen LogP contribution in [-0.2, 0) is 4.79 Å². The molecule has 26 heavy (non-hydrogen) atoms. The maximum atomic E-state index is 12.7. The second-order valence-electron chi connectivity index (χ2n) is 6.14. The summed E-state index contributed by atoms with van der Waals surface area (Å²) in [6.45, 7) is 5.95. The summed E-state index contributed by atoms with van der Waals surface area (Å²) in [5, 5.41) is 3.59. The van der Waals surface area contributed by atoms with Crippen LogP contribution in [0.4, 0.5) is 0 Å². The third kappa shape index (κ3) is 4.92. The molecule has 1 amide bonds. The standard InChI is InChI=1S/C21H26ClNO3/c1-5-17(15-11-12-19(25-4)14(3)13-15)23-21(24)18(6-2)26-20-10-8-7-9-16(20)22/h7-13,17-18H,5-6H2,1-4H3,(H,23,24)/t17-,18+/m1/s1. The van der Waals surface area contributed by atoms with Gasteiger partial charge in [-0.2, -0.15) is 0 Å². The molecule has 0 saturated carbocycles. The van der Waals surface area contributed by atoms with Gasteiger partial charge in [-0.1, -0.05) is 49.7 Å². The molecule has 0 bridgehead atoms. The van der Waals surface area contributed by atoms with Crippen LogP contribution in [0.15, 0.2) is 42.5 Å². The number of benzene rings is 2. The van der Waals surface area contributed by atoms with Gasteiger partial charge in [0.2, 0.25) is 0 Å². The Labute approximate surface area is 160 Å². The fourth-order valence-electron chi connectivity index (χ4n) is 2.82. The fraction of sp³-hybridized carbons (Fsp3) is 0.381. The average molecular weight is 376 g/mol. The zero-order valence-corrected chi connectivity index (χ0v) is 16.5. The zero-order chi connectivity index (χ0) is 19.1. The van der Waals surface area contributed by atoms with Crippen LogP contribution < -0.4 is 14.8 Å². The number of methoxy groups -OCH3 is 1. The van der Waals surface area contributed by atoms with Gasteiger partial charge in [-0.25, -0.2) is 0 Å². The monoisotopic (exact) mass is 375 g/mol. The van der Waals surface area contributed by atoms with E-state index in [0.717, 1.165) is 23.3 Å². The SMILES string of the molecule is CC[C@H](Oc1ccccc1Cl)C(=O)N[C@H](CC)c1ccc(OC)c(C)c1. The largest absolute Gasteiger partial charge is 0.496 e. The van der Waals surface area contributed by atoms with Crippen molar-refractivity contribution in [3.8, 4) is 11.5 Å². The maximum Gasteiger partial charge on any atom is 0.261 e. The topological polar surface area (TPSA) is 47.6 Å². The van der Waals surface area contributed by atoms with E-state index in [1.807, 2.05) is 51.1 Å². The Kier molecular flexibility index (Phi) is 7.34. The van der Waals surface area contributed by atoms with E-state index >= 15 is 0 Å². The van der Waals surface area contributed by atoms with Crippen LogP contribution in [0.5, 0.6) is 11.5 Å². The highest BCUT2D eigenvalue weighted by Gasteiger charge is 2.23. The number of aryl methyl sites for hydroxylation is 1. The van der Waals surface area contributed by atoms with Gasteiger partial charge in [0.15, 0.2) is 6.10 Å². The molecule has 0 saturated heterocycles. The van der Waals surface area contributed by atoms with E-state index in [1.54, 1.807) is 19.2 Å². The molecule has 2 rings (SSSR count). The molecule has 5 heteroatoms. The van der Waals surface area contributed by atoms with Crippen LogP contribution in [0, 0.1) is 6.92 Å². The summed E-state index contributed by atoms with van der Waals surface area (Å²) in [5.41, 5.74) is 2.09. The third-order valence-corrected chi connectivity index (χ3v) is 4.63. The molecule has 140 valence electrons. The van der Waals surface area contributed by atoms with Crippen LogP contribution >= 0.6 is 11.6 Å². The predicted octanol–water partition coefficient (Wildman–Crippen LogP) is 5.08. The Morgan fingerprint density at radius 2 is 1.85 bits per heavy atom. The van der Waals surface area contributed by atoms with Crippen molar-refractivity contribution in [3.63, 3.8) is 0 Å². The second-order valence-corrected chi connectivity index (χ2v) is 6.55. The molecular formula is C21H26ClNO3. The highest BCUT2D eigenvalue weighted by molar-refractivity contribution is 6.32. The number of carbonyl (C=O) groups is 1. The first-order valence-electron chi connectivity index (χ1n) is 8.86. The van der Waals surface area contributed by atoms with E-state index in [9.17, 15) is 4.79 Å². The molecule has 0 aliphatic rings. The summed E-state index contributed by atoms with van der Waals surface area (Å²) < 4.78 is 11.1. The number of hydrogen-bond acceptors (Lipinski definition) is 3. The van der Waals surface area contributed by atoms with Crippen molar-refractivity contribution >= 4 is 17.5 Å². The summed E-state index contributed by atoms with van der Waals surface area (Å²) in [6.07, 6.45) is 0.734. The van der Waals surface area contributed by atoms with Crippen molar-refractivity contribution in [2.24, 2.45) is 0 Å². The highest BCUT2D eigenvalue weighted by Crippen LogP contribution is 2.26. The molecule has 4 nitrogen and oxygen atoms in total. The van der Waals surface area contributed by atoms with Crippen molar-refractivity contribution in [1.82, 2.24) is 5.32 Å². The van der Waals surface area contributed by atoms with E-state index in [4.69, 9.17) is 21.1 Å². The van der Waals surface area contributed by atoms with Crippen LogP contribution in [0.3, 0.4) is 0 Å². The number of para-hydroxylation sites is 1. The van der Waals surface area contributed by atoms with E-state index in [2.05, 4.69) is 5.32 Å². The van der Waals surface area contributed by atoms with Gasteiger partial charge in [-0.05, 0) is 49.1 Å². The molecule has 0 aliphatic carbocycles. The minimum atomic E-state index is -0.594. The molecule has 0 unspecified atom stereocenters. The maximum absolute atomic E-state index is 12.7. The predicted molar refractivity (Wildman–Crippen MR) is 105 cm³/mol. The van der Waals surface area contributed by atoms with Gasteiger partial charge in [0.05, 0.1) is 18.2 Å². The second kappa shape index (κ2) is 9.48. The van der Waals surface area contributed by atoms with Gasteiger partial charge < -0.3 is 14.8 Å². The number of carbonyl (C=O) groups excluding carboxylic acids is 1. The van der Waals surface area contributed by atoms with Crippen molar-refractivity contribution in [1.29, 1.82) is 0 Å². The number of amides is 1. The summed E-state index contributed by atoms with van der Waals surface area (Å²) >= 11 is 6.14. The van der Waals surface area contributed by atoms with Crippen molar-refractivity contribution in [2.45, 2.75) is 45.8 Å². The first-order valence-corrected chi connectivity index (χ1v) is 9.24. The molecule has 0 radical (unpaired) electrons. The molecule has 1 N–H and O–H groups in total. The Morgan fingerprint density at radius 3 is 2.42 bits per heavy atom. The Bertz CT molecular complexity index is 748. The van der Waals surface area contributed by atoms with Gasteiger partial charge in [-0.3, -0.25) is 4.79 Å². The van der Waals surface area contributed by atoms with Gasteiger partial charge >= 0.3 is 0 Å². The fourth-order valence-corrected chi connectivity index (χ4v) is 3.00. The number of ether oxygens (including phenoxy) is 2. The first-order chi connectivity index (χ1) is 12.5. The lowest BCUT2D eigenvalue weighted by molar-refractivity contribution is -0.128. The van der Waals surface area contributed by atoms with E-state index in [1.165, 1.54) is 0 Å². The number of nitrogens with one attached hydrogen (secondary N) is 1. The van der Waals surface area contributed by atoms with E-state index in [0.29, 0.717) is 17.2 Å². The molecule has 2 aromatic carbocycles. The summed E-state index contributed by atoms with van der Waals surface area (Å²) in [5.74, 6) is 1.21. The normalized spacial score (nSPS) is 13.0. The quantitative estimate of drug-likeness (QED) is 0.699. The lowest BCUT2D eigenvalue weighted by atomic mass is 10.0. The molecule has 0 heterocycles. The molecule has 0 spiro atoms. The molecule has 0 aromatic heterocycles. The van der Waals surface area contributed by atoms with Crippen molar-refractivity contribution < 1.29 is 14.3 Å². The number of hydrogen-bond donors (Lipinski definition) is 1. The Morgan fingerprint density at radius 1 is 1.12 bits per heavy atom. The van der Waals surface area contributed by atoms with Crippen LogP contribution in [0.2, 0.25) is 5.02 Å². The number of halogens is 1. The third-order valence-electron chi connectivity index (χ3n) is 4.32. The van der Waals surface area contributed by atoms with E-state index < -0.39 is 6.10 Å². The summed E-state index contributed by atoms with van der Waals surface area (Å²) in [4.78, 5) is 12.7. The molecule has 0 aliphatic heterocycles. The Hall–Kier alpha value is -2.20. The van der Waals surface area contributed by atoms with Crippen molar-refractivity contribution in [3.05, 3.63) is 58.6 Å². The minimum absolute atomic E-state index is 0.0870. The van der Waals surface area contributed by atoms with Crippen LogP contribution in [-0.4, -0.2) is 19.1 Å². The van der Waals surface area contributed by atoms with Gasteiger partial charge in [0, 0.05) is 0 Å². The molecule has 2 atom stereocenters. The number of rotatable bonds is 8. The molecular weight excluding hydrogens is 350 g/mol. The zero-order valence-electron chi connectivity index (χ0n) is 15.7. The smallest absolute Gasteiger partial charge is 0.261 e. The molecule has 0 fully saturated rings. The van der Waals surface area contributed by atoms with Gasteiger partial charge in [0.1, 0.15) is 11.5 Å². The summed E-state index contributed by atoms with van der Waals surface area (Å²) in [7, 11) is 1.65. The first kappa shape index (κ1) is 20.1. The summed E-state index contributed by atoms with van der Waals surface area (Å²) in [6, 6.07) is 13.0. The lowest BCUT2D eigenvalue weighted by Gasteiger charge is -2.23. The lowest BCUT2D eigenvalue weighted by Crippen LogP contribution is -2.40.